The monoisotopic (exact) mass is 450 g/mol. The highest BCUT2D eigenvalue weighted by Crippen LogP contribution is 2.24. The molecule has 3 rings (SSSR count). The molecule has 162 valence electrons. The van der Waals surface area contributed by atoms with Crippen molar-refractivity contribution in [2.75, 3.05) is 18.4 Å². The second-order valence-corrected chi connectivity index (χ2v) is 11.9. The third-order valence-electron chi connectivity index (χ3n) is 5.12. The minimum atomic E-state index is -3.63. The van der Waals surface area contributed by atoms with Crippen molar-refractivity contribution in [1.82, 2.24) is 4.31 Å². The molecule has 1 fully saturated rings. The van der Waals surface area contributed by atoms with E-state index in [1.54, 1.807) is 26.0 Å². The smallest absolute Gasteiger partial charge is 0.256 e. The van der Waals surface area contributed by atoms with Crippen LogP contribution in [-0.4, -0.2) is 45.4 Å². The van der Waals surface area contributed by atoms with Crippen LogP contribution in [0.1, 0.15) is 43.5 Å². The average molecular weight is 451 g/mol. The summed E-state index contributed by atoms with van der Waals surface area (Å²) in [6.07, 6.45) is 2.74. The van der Waals surface area contributed by atoms with Gasteiger partial charge in [-0.25, -0.2) is 16.8 Å². The fourth-order valence-corrected chi connectivity index (χ4v) is 6.08. The number of sulfonamides is 1. The molecule has 0 aliphatic carbocycles. The fraction of sp³-hybridized carbons (Fsp3) is 0.381. The minimum Gasteiger partial charge on any atom is -0.322 e. The first-order valence-corrected chi connectivity index (χ1v) is 12.9. The lowest BCUT2D eigenvalue weighted by atomic mass is 10.2. The maximum absolute atomic E-state index is 12.7. The highest BCUT2D eigenvalue weighted by Gasteiger charge is 2.27. The lowest BCUT2D eigenvalue weighted by molar-refractivity contribution is 0.102. The number of hydrogen-bond acceptors (Lipinski definition) is 5. The number of carbonyl (C=O) groups is 1. The molecule has 1 saturated heterocycles. The van der Waals surface area contributed by atoms with Crippen molar-refractivity contribution in [3.8, 4) is 0 Å². The Kier molecular flexibility index (Phi) is 6.64. The summed E-state index contributed by atoms with van der Waals surface area (Å²) in [5, 5.41) is 1.99. The van der Waals surface area contributed by atoms with Crippen LogP contribution in [0, 0.1) is 0 Å². The van der Waals surface area contributed by atoms with E-state index < -0.39 is 31.0 Å². The van der Waals surface area contributed by atoms with E-state index in [2.05, 4.69) is 5.32 Å². The maximum Gasteiger partial charge on any atom is 0.256 e. The molecule has 0 aromatic heterocycles. The molecule has 0 atom stereocenters. The van der Waals surface area contributed by atoms with Gasteiger partial charge in [-0.1, -0.05) is 18.6 Å². The third-order valence-corrected chi connectivity index (χ3v) is 9.25. The van der Waals surface area contributed by atoms with Gasteiger partial charge in [-0.3, -0.25) is 4.79 Å². The molecule has 1 heterocycles. The first-order chi connectivity index (χ1) is 14.1. The zero-order valence-corrected chi connectivity index (χ0v) is 18.7. The van der Waals surface area contributed by atoms with Crippen molar-refractivity contribution in [1.29, 1.82) is 0 Å². The molecule has 7 nitrogen and oxygen atoms in total. The highest BCUT2D eigenvalue weighted by atomic mass is 32.2. The van der Waals surface area contributed by atoms with Crippen LogP contribution in [0.15, 0.2) is 58.3 Å². The Morgan fingerprint density at radius 3 is 2.10 bits per heavy atom. The van der Waals surface area contributed by atoms with Gasteiger partial charge < -0.3 is 5.32 Å². The lowest BCUT2D eigenvalue weighted by Crippen LogP contribution is -2.35. The zero-order valence-electron chi connectivity index (χ0n) is 17.0. The second-order valence-electron chi connectivity index (χ2n) is 7.53. The van der Waals surface area contributed by atoms with Crippen LogP contribution in [0.4, 0.5) is 5.69 Å². The largest absolute Gasteiger partial charge is 0.322 e. The lowest BCUT2D eigenvalue weighted by Gasteiger charge is -2.25. The molecule has 0 unspecified atom stereocenters. The number of carbonyl (C=O) groups excluding carboxylic acids is 1. The van der Waals surface area contributed by atoms with Gasteiger partial charge >= 0.3 is 0 Å². The van der Waals surface area contributed by atoms with Gasteiger partial charge in [0.1, 0.15) is 0 Å². The topological polar surface area (TPSA) is 101 Å². The van der Waals surface area contributed by atoms with Crippen molar-refractivity contribution in [2.45, 2.75) is 48.2 Å². The number of rotatable bonds is 6. The summed E-state index contributed by atoms with van der Waals surface area (Å²) in [7, 11) is -7.18. The molecule has 9 heteroatoms. The Morgan fingerprint density at radius 2 is 1.50 bits per heavy atom. The van der Waals surface area contributed by atoms with E-state index in [4.69, 9.17) is 0 Å². The summed E-state index contributed by atoms with van der Waals surface area (Å²) in [6, 6.07) is 12.0. The molecule has 30 heavy (non-hydrogen) atoms. The van der Waals surface area contributed by atoms with Crippen LogP contribution >= 0.6 is 0 Å². The number of anilines is 1. The third kappa shape index (κ3) is 4.58. The summed E-state index contributed by atoms with van der Waals surface area (Å²) in [6.45, 7) is 4.15. The zero-order chi connectivity index (χ0) is 21.9. The van der Waals surface area contributed by atoms with E-state index in [-0.39, 0.29) is 15.4 Å². The quantitative estimate of drug-likeness (QED) is 0.728. The molecule has 0 spiro atoms. The van der Waals surface area contributed by atoms with Gasteiger partial charge in [0.15, 0.2) is 9.84 Å². The van der Waals surface area contributed by atoms with E-state index in [1.807, 2.05) is 0 Å². The Labute approximate surface area is 178 Å². The van der Waals surface area contributed by atoms with Gasteiger partial charge in [-0.15, -0.1) is 0 Å². The van der Waals surface area contributed by atoms with Gasteiger partial charge in [-0.05, 0) is 63.1 Å². The van der Waals surface area contributed by atoms with Crippen LogP contribution in [-0.2, 0) is 19.9 Å². The van der Waals surface area contributed by atoms with Crippen molar-refractivity contribution in [3.05, 3.63) is 54.1 Å². The van der Waals surface area contributed by atoms with E-state index in [0.29, 0.717) is 18.8 Å². The standard InChI is InChI=1S/C21H26N2O5S2/c1-16(2)29(25,26)20-9-5-4-8-19(20)21(24)22-17-10-12-18(13-11-17)30(27,28)23-14-6-3-7-15-23/h4-5,8-13,16H,3,6-7,14-15H2,1-2H3,(H,22,24). The summed E-state index contributed by atoms with van der Waals surface area (Å²) in [5.41, 5.74) is 0.436. The highest BCUT2D eigenvalue weighted by molar-refractivity contribution is 7.92. The molecule has 1 amide bonds. The van der Waals surface area contributed by atoms with Crippen LogP contribution < -0.4 is 5.32 Å². The predicted molar refractivity (Wildman–Crippen MR) is 116 cm³/mol. The molecule has 2 aromatic rings. The Balaban J connectivity index is 1.81. The summed E-state index contributed by atoms with van der Waals surface area (Å²) in [5.74, 6) is -0.568. The number of benzene rings is 2. The number of amides is 1. The normalized spacial score (nSPS) is 15.8. The summed E-state index contributed by atoms with van der Waals surface area (Å²) < 4.78 is 52.1. The van der Waals surface area contributed by atoms with Crippen molar-refractivity contribution in [2.24, 2.45) is 0 Å². The maximum atomic E-state index is 12.7. The number of nitrogens with zero attached hydrogens (tertiary/aromatic N) is 1. The molecule has 0 bridgehead atoms. The van der Waals surface area contributed by atoms with Gasteiger partial charge in [0.2, 0.25) is 10.0 Å². The second kappa shape index (κ2) is 8.87. The van der Waals surface area contributed by atoms with E-state index in [1.165, 1.54) is 40.7 Å². The van der Waals surface area contributed by atoms with Crippen LogP contribution in [0.5, 0.6) is 0 Å². The molecule has 1 aliphatic heterocycles. The van der Waals surface area contributed by atoms with E-state index >= 15 is 0 Å². The van der Waals surface area contributed by atoms with Crippen LogP contribution in [0.3, 0.4) is 0 Å². The fourth-order valence-electron chi connectivity index (χ4n) is 3.32. The summed E-state index contributed by atoms with van der Waals surface area (Å²) in [4.78, 5) is 12.9. The van der Waals surface area contributed by atoms with Gasteiger partial charge in [0, 0.05) is 18.8 Å². The first kappa shape index (κ1) is 22.5. The number of sulfone groups is 1. The Hall–Kier alpha value is -2.23. The summed E-state index contributed by atoms with van der Waals surface area (Å²) >= 11 is 0. The van der Waals surface area contributed by atoms with Gasteiger partial charge in [0.05, 0.1) is 20.6 Å². The molecule has 2 aromatic carbocycles. The van der Waals surface area contributed by atoms with Crippen molar-refractivity contribution >= 4 is 31.5 Å². The molecule has 0 radical (unpaired) electrons. The average Bonchev–Trinajstić information content (AvgIpc) is 2.74. The molecule has 0 saturated carbocycles. The predicted octanol–water partition coefficient (Wildman–Crippen LogP) is 3.30. The SMILES string of the molecule is CC(C)S(=O)(=O)c1ccccc1C(=O)Nc1ccc(S(=O)(=O)N2CCCCC2)cc1. The van der Waals surface area contributed by atoms with Crippen molar-refractivity contribution < 1.29 is 21.6 Å². The van der Waals surface area contributed by atoms with Crippen molar-refractivity contribution in [3.63, 3.8) is 0 Å². The van der Waals surface area contributed by atoms with E-state index in [0.717, 1.165) is 19.3 Å². The van der Waals surface area contributed by atoms with Gasteiger partial charge in [0.25, 0.3) is 5.91 Å². The molecular weight excluding hydrogens is 424 g/mol. The first-order valence-electron chi connectivity index (χ1n) is 9.88. The minimum absolute atomic E-state index is 0.0261. The molecular formula is C21H26N2O5S2. The Bertz CT molecular complexity index is 1120. The molecule has 1 aliphatic rings. The molecule has 1 N–H and O–H groups in total. The van der Waals surface area contributed by atoms with E-state index in [9.17, 15) is 21.6 Å². The van der Waals surface area contributed by atoms with Crippen LogP contribution in [0.2, 0.25) is 0 Å². The Morgan fingerprint density at radius 1 is 0.900 bits per heavy atom. The van der Waals surface area contributed by atoms with Crippen LogP contribution in [0.25, 0.3) is 0 Å². The number of nitrogens with one attached hydrogen (secondary N) is 1. The van der Waals surface area contributed by atoms with Gasteiger partial charge in [-0.2, -0.15) is 4.31 Å². The number of hydrogen-bond donors (Lipinski definition) is 1. The number of piperidine rings is 1.